The largest absolute Gasteiger partial charge is 0.361 e. The highest BCUT2D eigenvalue weighted by molar-refractivity contribution is 6.76. The maximum absolute atomic E-state index is 13.1. The smallest absolute Gasteiger partial charge is 0.333 e. The van der Waals surface area contributed by atoms with Crippen LogP contribution >= 0.6 is 0 Å². The number of rotatable bonds is 8. The first kappa shape index (κ1) is 25.8. The Balaban J connectivity index is 1.31. The predicted molar refractivity (Wildman–Crippen MR) is 130 cm³/mol. The lowest BCUT2D eigenvalue weighted by Crippen LogP contribution is -2.64. The van der Waals surface area contributed by atoms with Crippen LogP contribution in [-0.2, 0) is 19.1 Å². The fourth-order valence-corrected chi connectivity index (χ4v) is 6.84. The van der Waals surface area contributed by atoms with E-state index in [0.29, 0.717) is 45.3 Å². The van der Waals surface area contributed by atoms with Gasteiger partial charge < -0.3 is 10.1 Å². The highest BCUT2D eigenvalue weighted by Gasteiger charge is 2.65. The summed E-state index contributed by atoms with van der Waals surface area (Å²) in [4.78, 5) is 66.8. The number of amides is 7. The molecule has 4 rings (SSSR count). The third-order valence-electron chi connectivity index (χ3n) is 7.95. The van der Waals surface area contributed by atoms with Gasteiger partial charge in [-0.05, 0) is 56.4 Å². The SMILES string of the molecule is CCCN1C(=O)CC(=O)N(C2CCC3(CC2)CC2(C3)NC(=O)N(COCC[Si](C)(C)C)C2=O)C1=O. The Morgan fingerprint density at radius 1 is 1.00 bits per heavy atom. The number of ether oxygens (including phenoxy) is 1. The second kappa shape index (κ2) is 9.31. The second-order valence-corrected chi connectivity index (χ2v) is 17.6. The van der Waals surface area contributed by atoms with Crippen molar-refractivity contribution in [2.75, 3.05) is 19.9 Å². The first-order valence-corrected chi connectivity index (χ1v) is 16.5. The number of hydrogen-bond donors (Lipinski definition) is 1. The van der Waals surface area contributed by atoms with Gasteiger partial charge in [-0.1, -0.05) is 26.6 Å². The number of carbonyl (C=O) groups excluding carboxylic acids is 5. The molecule has 2 aliphatic carbocycles. The van der Waals surface area contributed by atoms with Crippen LogP contribution < -0.4 is 5.32 Å². The van der Waals surface area contributed by atoms with E-state index in [0.717, 1.165) is 18.9 Å². The molecular weight excluding hydrogens is 468 g/mol. The Kier molecular flexibility index (Phi) is 6.86. The molecule has 1 N–H and O–H groups in total. The Labute approximate surface area is 207 Å². The molecule has 0 aromatic heterocycles. The molecule has 4 fully saturated rings. The summed E-state index contributed by atoms with van der Waals surface area (Å²) in [6, 6.07) is -0.146. The van der Waals surface area contributed by atoms with Crippen molar-refractivity contribution in [3.8, 4) is 0 Å². The lowest BCUT2D eigenvalue weighted by atomic mass is 9.51. The van der Waals surface area contributed by atoms with E-state index in [4.69, 9.17) is 4.74 Å². The molecule has 11 heteroatoms. The number of imide groups is 3. The van der Waals surface area contributed by atoms with Crippen LogP contribution in [0.2, 0.25) is 25.7 Å². The number of hydrogen-bond acceptors (Lipinski definition) is 6. The van der Waals surface area contributed by atoms with Crippen LogP contribution in [0.15, 0.2) is 0 Å². The van der Waals surface area contributed by atoms with Gasteiger partial charge in [-0.2, -0.15) is 0 Å². The molecule has 0 aromatic rings. The van der Waals surface area contributed by atoms with E-state index in [2.05, 4.69) is 25.0 Å². The molecule has 35 heavy (non-hydrogen) atoms. The van der Waals surface area contributed by atoms with Crippen LogP contribution in [0.25, 0.3) is 0 Å². The molecule has 0 bridgehead atoms. The number of urea groups is 2. The summed E-state index contributed by atoms with van der Waals surface area (Å²) >= 11 is 0. The van der Waals surface area contributed by atoms with Crippen LogP contribution in [0.3, 0.4) is 0 Å². The third kappa shape index (κ3) is 4.89. The molecule has 0 atom stereocenters. The fraction of sp³-hybridized carbons (Fsp3) is 0.792. The molecule has 0 radical (unpaired) electrons. The Morgan fingerprint density at radius 3 is 2.26 bits per heavy atom. The fourth-order valence-electron chi connectivity index (χ4n) is 6.08. The molecule has 10 nitrogen and oxygen atoms in total. The highest BCUT2D eigenvalue weighted by atomic mass is 28.3. The summed E-state index contributed by atoms with van der Waals surface area (Å²) < 4.78 is 5.65. The summed E-state index contributed by atoms with van der Waals surface area (Å²) in [5.74, 6) is -1.05. The molecule has 0 aromatic carbocycles. The van der Waals surface area contributed by atoms with E-state index in [-0.39, 0.29) is 30.5 Å². The summed E-state index contributed by atoms with van der Waals surface area (Å²) in [6.45, 7) is 9.49. The van der Waals surface area contributed by atoms with Gasteiger partial charge in [-0.25, -0.2) is 14.5 Å². The van der Waals surface area contributed by atoms with Gasteiger partial charge in [0.1, 0.15) is 18.7 Å². The average Bonchev–Trinajstić information content (AvgIpc) is 2.98. The van der Waals surface area contributed by atoms with Gasteiger partial charge in [0.15, 0.2) is 0 Å². The molecule has 7 amide bonds. The van der Waals surface area contributed by atoms with E-state index in [1.54, 1.807) is 0 Å². The quantitative estimate of drug-likeness (QED) is 0.234. The highest BCUT2D eigenvalue weighted by Crippen LogP contribution is 2.58. The van der Waals surface area contributed by atoms with Crippen LogP contribution in [0.5, 0.6) is 0 Å². The summed E-state index contributed by atoms with van der Waals surface area (Å²) in [5.41, 5.74) is -0.928. The van der Waals surface area contributed by atoms with Crippen LogP contribution in [0.4, 0.5) is 9.59 Å². The second-order valence-electron chi connectivity index (χ2n) is 11.9. The third-order valence-corrected chi connectivity index (χ3v) is 9.66. The lowest BCUT2D eigenvalue weighted by Gasteiger charge is -2.56. The van der Waals surface area contributed by atoms with Gasteiger partial charge in [-0.15, -0.1) is 0 Å². The van der Waals surface area contributed by atoms with Crippen molar-refractivity contribution in [1.82, 2.24) is 20.0 Å². The number of carbonyl (C=O) groups is 5. The van der Waals surface area contributed by atoms with Crippen molar-refractivity contribution in [2.45, 2.75) is 95.6 Å². The van der Waals surface area contributed by atoms with Crippen molar-refractivity contribution in [3.05, 3.63) is 0 Å². The van der Waals surface area contributed by atoms with E-state index < -0.39 is 37.5 Å². The maximum Gasteiger partial charge on any atom is 0.333 e. The van der Waals surface area contributed by atoms with Crippen LogP contribution in [0, 0.1) is 5.41 Å². The number of barbiturate groups is 1. The zero-order valence-electron chi connectivity index (χ0n) is 21.4. The Hall–Kier alpha value is -2.27. The topological polar surface area (TPSA) is 116 Å². The Morgan fingerprint density at radius 2 is 1.66 bits per heavy atom. The van der Waals surface area contributed by atoms with Crippen molar-refractivity contribution in [3.63, 3.8) is 0 Å². The van der Waals surface area contributed by atoms with Gasteiger partial charge in [0, 0.05) is 27.3 Å². The molecule has 194 valence electrons. The normalized spacial score (nSPS) is 31.6. The predicted octanol–water partition coefficient (Wildman–Crippen LogP) is 2.90. The zero-order valence-corrected chi connectivity index (χ0v) is 22.4. The van der Waals surface area contributed by atoms with Crippen molar-refractivity contribution in [2.24, 2.45) is 5.41 Å². The standard InChI is InChI=1S/C24H38N4O6Si/c1-5-10-26-18(29)13-19(30)28(22(26)33)17-6-8-23(9-7-17)14-24(15-23)20(31)27(21(32)25-24)16-34-11-12-35(2,3)4/h17H,5-16H2,1-4H3,(H,25,32). The number of nitrogens with one attached hydrogen (secondary N) is 1. The Bertz CT molecular complexity index is 915. The zero-order chi connectivity index (χ0) is 25.6. The molecule has 2 saturated heterocycles. The van der Waals surface area contributed by atoms with E-state index in [9.17, 15) is 24.0 Å². The van der Waals surface area contributed by atoms with E-state index >= 15 is 0 Å². The first-order valence-electron chi connectivity index (χ1n) is 12.8. The number of nitrogens with zero attached hydrogens (tertiary/aromatic N) is 3. The molecule has 0 unspecified atom stereocenters. The maximum atomic E-state index is 13.1. The van der Waals surface area contributed by atoms with Crippen LogP contribution in [0.1, 0.15) is 58.3 Å². The van der Waals surface area contributed by atoms with E-state index in [1.807, 2.05) is 6.92 Å². The summed E-state index contributed by atoms with van der Waals surface area (Å²) in [7, 11) is -1.25. The van der Waals surface area contributed by atoms with Gasteiger partial charge >= 0.3 is 12.1 Å². The summed E-state index contributed by atoms with van der Waals surface area (Å²) in [6.07, 6.45) is 4.38. The average molecular weight is 507 g/mol. The monoisotopic (exact) mass is 506 g/mol. The minimum absolute atomic E-state index is 0.0157. The molecule has 2 heterocycles. The van der Waals surface area contributed by atoms with Gasteiger partial charge in [0.05, 0.1) is 0 Å². The summed E-state index contributed by atoms with van der Waals surface area (Å²) in [5, 5.41) is 2.91. The molecule has 2 spiro atoms. The van der Waals surface area contributed by atoms with Crippen molar-refractivity contribution in [1.29, 1.82) is 0 Å². The van der Waals surface area contributed by atoms with Crippen LogP contribution in [-0.4, -0.2) is 84.0 Å². The van der Waals surface area contributed by atoms with Gasteiger partial charge in [0.2, 0.25) is 11.8 Å². The molecule has 2 saturated carbocycles. The minimum atomic E-state index is -1.25. The van der Waals surface area contributed by atoms with Gasteiger partial charge in [-0.3, -0.25) is 24.2 Å². The molecular formula is C24H38N4O6Si. The lowest BCUT2D eigenvalue weighted by molar-refractivity contribution is -0.147. The van der Waals surface area contributed by atoms with Gasteiger partial charge in [0.25, 0.3) is 5.91 Å². The van der Waals surface area contributed by atoms with E-state index in [1.165, 1.54) is 14.7 Å². The molecule has 2 aliphatic heterocycles. The minimum Gasteiger partial charge on any atom is -0.361 e. The first-order chi connectivity index (χ1) is 16.4. The molecule has 4 aliphatic rings. The van der Waals surface area contributed by atoms with Crippen molar-refractivity contribution < 1.29 is 28.7 Å². The van der Waals surface area contributed by atoms with Crippen molar-refractivity contribution >= 4 is 37.9 Å².